The van der Waals surface area contributed by atoms with Crippen molar-refractivity contribution in [2.45, 2.75) is 0 Å². The zero-order valence-electron chi connectivity index (χ0n) is 12.1. The summed E-state index contributed by atoms with van der Waals surface area (Å²) in [5, 5.41) is 13.7. The fourth-order valence-electron chi connectivity index (χ4n) is 2.33. The second kappa shape index (κ2) is 5.60. The average molecular weight is 343 g/mol. The molecule has 0 saturated carbocycles. The number of thiazole rings is 1. The summed E-state index contributed by atoms with van der Waals surface area (Å²) < 4.78 is 1.79. The number of benzene rings is 1. The number of aryl methyl sites for hydroxylation is 1. The second-order valence-electron chi connectivity index (χ2n) is 4.85. The molecule has 0 spiro atoms. The SMILES string of the molecule is Cn1nccc1-c1nc(-c2ccccc2Cl)c(-c2nnc[nH]2)s1. The van der Waals surface area contributed by atoms with Gasteiger partial charge in [-0.3, -0.25) is 4.68 Å². The normalized spacial score (nSPS) is 11.0. The Morgan fingerprint density at radius 1 is 1.22 bits per heavy atom. The number of nitrogens with one attached hydrogen (secondary N) is 1. The van der Waals surface area contributed by atoms with Crippen molar-refractivity contribution >= 4 is 22.9 Å². The Hall–Kier alpha value is -2.51. The van der Waals surface area contributed by atoms with Crippen LogP contribution in [0.5, 0.6) is 0 Å². The Labute approximate surface area is 140 Å². The van der Waals surface area contributed by atoms with Crippen molar-refractivity contribution in [3.05, 3.63) is 47.9 Å². The molecule has 0 aliphatic rings. The second-order valence-corrected chi connectivity index (χ2v) is 6.26. The maximum atomic E-state index is 6.36. The Morgan fingerprint density at radius 3 is 2.78 bits per heavy atom. The number of nitrogens with zero attached hydrogens (tertiary/aromatic N) is 5. The highest BCUT2D eigenvalue weighted by Gasteiger charge is 2.20. The number of aromatic nitrogens is 6. The van der Waals surface area contributed by atoms with Gasteiger partial charge in [0.2, 0.25) is 0 Å². The van der Waals surface area contributed by atoms with Crippen LogP contribution >= 0.6 is 22.9 Å². The molecule has 0 aliphatic carbocycles. The molecule has 114 valence electrons. The number of H-pyrrole nitrogens is 1. The topological polar surface area (TPSA) is 72.3 Å². The summed E-state index contributed by atoms with van der Waals surface area (Å²) in [6, 6.07) is 9.57. The fourth-order valence-corrected chi connectivity index (χ4v) is 3.64. The van der Waals surface area contributed by atoms with Crippen molar-refractivity contribution in [1.29, 1.82) is 0 Å². The van der Waals surface area contributed by atoms with Gasteiger partial charge in [0.25, 0.3) is 0 Å². The molecule has 0 aliphatic heterocycles. The van der Waals surface area contributed by atoms with E-state index in [0.717, 1.165) is 26.8 Å². The molecule has 0 radical (unpaired) electrons. The molecule has 4 aromatic rings. The van der Waals surface area contributed by atoms with Gasteiger partial charge in [-0.1, -0.05) is 29.8 Å². The minimum Gasteiger partial charge on any atom is -0.327 e. The molecular weight excluding hydrogens is 332 g/mol. The first-order valence-corrected chi connectivity index (χ1v) is 8.04. The van der Waals surface area contributed by atoms with Crippen LogP contribution in [0.15, 0.2) is 42.9 Å². The van der Waals surface area contributed by atoms with Crippen molar-refractivity contribution in [3.8, 4) is 32.7 Å². The van der Waals surface area contributed by atoms with Gasteiger partial charge < -0.3 is 4.98 Å². The van der Waals surface area contributed by atoms with E-state index in [9.17, 15) is 0 Å². The highest BCUT2D eigenvalue weighted by atomic mass is 35.5. The molecule has 8 heteroatoms. The third-order valence-corrected chi connectivity index (χ3v) is 4.84. The molecule has 3 aromatic heterocycles. The maximum Gasteiger partial charge on any atom is 0.173 e. The van der Waals surface area contributed by atoms with E-state index in [1.54, 1.807) is 17.2 Å². The van der Waals surface area contributed by atoms with Crippen molar-refractivity contribution in [2.75, 3.05) is 0 Å². The lowest BCUT2D eigenvalue weighted by Crippen LogP contribution is -1.92. The minimum atomic E-state index is 0.648. The molecule has 0 amide bonds. The van der Waals surface area contributed by atoms with E-state index in [1.807, 2.05) is 37.4 Å². The smallest absolute Gasteiger partial charge is 0.173 e. The zero-order chi connectivity index (χ0) is 15.8. The Balaban J connectivity index is 1.96. The molecule has 6 nitrogen and oxygen atoms in total. The van der Waals surface area contributed by atoms with Crippen LogP contribution in [0.1, 0.15) is 0 Å². The average Bonchev–Trinajstić information content (AvgIpc) is 3.26. The number of hydrogen-bond acceptors (Lipinski definition) is 5. The van der Waals surface area contributed by atoms with E-state index >= 15 is 0 Å². The Morgan fingerprint density at radius 2 is 2.09 bits per heavy atom. The van der Waals surface area contributed by atoms with Crippen LogP contribution in [-0.4, -0.2) is 29.9 Å². The van der Waals surface area contributed by atoms with Gasteiger partial charge in [0.1, 0.15) is 16.2 Å². The van der Waals surface area contributed by atoms with E-state index in [2.05, 4.69) is 20.3 Å². The van der Waals surface area contributed by atoms with Gasteiger partial charge in [0.05, 0.1) is 16.4 Å². The standard InChI is InChI=1S/C15H11ClN6S/c1-22-11(6-7-19-22)15-20-12(9-4-2-3-5-10(9)16)13(23-15)14-17-8-18-21-14/h2-8H,1H3,(H,17,18,21). The van der Waals surface area contributed by atoms with Gasteiger partial charge in [-0.05, 0) is 12.1 Å². The van der Waals surface area contributed by atoms with Gasteiger partial charge in [0.15, 0.2) is 5.82 Å². The summed E-state index contributed by atoms with van der Waals surface area (Å²) in [4.78, 5) is 8.72. The van der Waals surface area contributed by atoms with Gasteiger partial charge in [-0.2, -0.15) is 5.10 Å². The molecule has 0 unspecified atom stereocenters. The van der Waals surface area contributed by atoms with Gasteiger partial charge in [-0.15, -0.1) is 21.5 Å². The number of halogens is 1. The predicted octanol–water partition coefficient (Wildman–Crippen LogP) is 3.65. The van der Waals surface area contributed by atoms with Crippen LogP contribution in [0.4, 0.5) is 0 Å². The molecule has 1 N–H and O–H groups in total. The summed E-state index contributed by atoms with van der Waals surface area (Å²) in [6.07, 6.45) is 3.30. The Kier molecular flexibility index (Phi) is 3.44. The van der Waals surface area contributed by atoms with Gasteiger partial charge >= 0.3 is 0 Å². The van der Waals surface area contributed by atoms with E-state index in [4.69, 9.17) is 16.6 Å². The lowest BCUT2D eigenvalue weighted by molar-refractivity contribution is 0.775. The molecular formula is C15H11ClN6S. The largest absolute Gasteiger partial charge is 0.327 e. The first kappa shape index (κ1) is 14.1. The number of aromatic amines is 1. The predicted molar refractivity (Wildman–Crippen MR) is 90.1 cm³/mol. The lowest BCUT2D eigenvalue weighted by atomic mass is 10.1. The first-order valence-electron chi connectivity index (χ1n) is 6.84. The van der Waals surface area contributed by atoms with Crippen LogP contribution in [-0.2, 0) is 7.05 Å². The van der Waals surface area contributed by atoms with E-state index in [1.165, 1.54) is 11.3 Å². The van der Waals surface area contributed by atoms with Crippen LogP contribution < -0.4 is 0 Å². The van der Waals surface area contributed by atoms with Crippen molar-refractivity contribution < 1.29 is 0 Å². The van der Waals surface area contributed by atoms with Crippen LogP contribution in [0.2, 0.25) is 5.02 Å². The van der Waals surface area contributed by atoms with Crippen LogP contribution in [0, 0.1) is 0 Å². The summed E-state index contributed by atoms with van der Waals surface area (Å²) >= 11 is 7.89. The molecule has 23 heavy (non-hydrogen) atoms. The van der Waals surface area contributed by atoms with E-state index in [-0.39, 0.29) is 0 Å². The molecule has 0 atom stereocenters. The monoisotopic (exact) mass is 342 g/mol. The highest BCUT2D eigenvalue weighted by Crippen LogP contribution is 2.40. The van der Waals surface area contributed by atoms with Crippen molar-refractivity contribution in [2.24, 2.45) is 7.05 Å². The van der Waals surface area contributed by atoms with Crippen LogP contribution in [0.25, 0.3) is 32.7 Å². The summed E-state index contributed by atoms with van der Waals surface area (Å²) in [5.74, 6) is 0.672. The number of hydrogen-bond donors (Lipinski definition) is 1. The summed E-state index contributed by atoms with van der Waals surface area (Å²) in [7, 11) is 1.89. The Bertz CT molecular complexity index is 956. The third-order valence-electron chi connectivity index (χ3n) is 3.43. The molecule has 1 aromatic carbocycles. The van der Waals surface area contributed by atoms with Crippen molar-refractivity contribution in [3.63, 3.8) is 0 Å². The van der Waals surface area contributed by atoms with Gasteiger partial charge in [0, 0.05) is 18.8 Å². The fraction of sp³-hybridized carbons (Fsp3) is 0.0667. The molecule has 0 saturated heterocycles. The van der Waals surface area contributed by atoms with E-state index in [0.29, 0.717) is 10.8 Å². The number of rotatable bonds is 3. The maximum absolute atomic E-state index is 6.36. The third kappa shape index (κ3) is 2.43. The first-order chi connectivity index (χ1) is 11.2. The zero-order valence-corrected chi connectivity index (χ0v) is 13.6. The van der Waals surface area contributed by atoms with E-state index < -0.39 is 0 Å². The molecule has 0 bridgehead atoms. The lowest BCUT2D eigenvalue weighted by Gasteiger charge is -2.02. The summed E-state index contributed by atoms with van der Waals surface area (Å²) in [5.41, 5.74) is 2.59. The molecule has 4 rings (SSSR count). The highest BCUT2D eigenvalue weighted by molar-refractivity contribution is 7.18. The molecule has 3 heterocycles. The quantitative estimate of drug-likeness (QED) is 0.617. The molecule has 0 fully saturated rings. The van der Waals surface area contributed by atoms with Crippen LogP contribution in [0.3, 0.4) is 0 Å². The minimum absolute atomic E-state index is 0.648. The van der Waals surface area contributed by atoms with Gasteiger partial charge in [-0.25, -0.2) is 4.98 Å². The van der Waals surface area contributed by atoms with Crippen molar-refractivity contribution in [1.82, 2.24) is 29.9 Å². The summed E-state index contributed by atoms with van der Waals surface area (Å²) in [6.45, 7) is 0.